The van der Waals surface area contributed by atoms with Crippen molar-refractivity contribution < 1.29 is 4.52 Å². The monoisotopic (exact) mass is 227 g/mol. The van der Waals surface area contributed by atoms with Crippen LogP contribution in [-0.4, -0.2) is 27.2 Å². The predicted molar refractivity (Wildman–Crippen MR) is 55.3 cm³/mol. The van der Waals surface area contributed by atoms with E-state index in [2.05, 4.69) is 25.4 Å². The van der Waals surface area contributed by atoms with Crippen LogP contribution in [0.4, 0.5) is 0 Å². The van der Waals surface area contributed by atoms with Gasteiger partial charge in [0.1, 0.15) is 5.69 Å². The molecule has 2 aromatic heterocycles. The van der Waals surface area contributed by atoms with E-state index in [1.54, 1.807) is 18.6 Å². The molecule has 0 unspecified atom stereocenters. The Hall–Kier alpha value is -1.53. The third-order valence-electron chi connectivity index (χ3n) is 1.59. The molecule has 2 aromatic rings. The van der Waals surface area contributed by atoms with Crippen molar-refractivity contribution in [3.63, 3.8) is 0 Å². The maximum absolute atomic E-state index is 5.00. The minimum Gasteiger partial charge on any atom is -0.332 e. The van der Waals surface area contributed by atoms with Crippen molar-refractivity contribution in [3.8, 4) is 11.6 Å². The van der Waals surface area contributed by atoms with Gasteiger partial charge in [0.15, 0.2) is 5.82 Å². The van der Waals surface area contributed by atoms with E-state index in [1.807, 2.05) is 7.05 Å². The first-order chi connectivity index (χ1) is 6.90. The molecule has 0 aliphatic rings. The second-order valence-electron chi connectivity index (χ2n) is 2.64. The number of halogens is 1. The van der Waals surface area contributed by atoms with Crippen molar-refractivity contribution in [2.24, 2.45) is 0 Å². The summed E-state index contributed by atoms with van der Waals surface area (Å²) in [5.74, 6) is 0.997. The van der Waals surface area contributed by atoms with Gasteiger partial charge < -0.3 is 9.84 Å². The lowest BCUT2D eigenvalue weighted by Gasteiger charge is -1.89. The highest BCUT2D eigenvalue weighted by molar-refractivity contribution is 5.85. The van der Waals surface area contributed by atoms with Gasteiger partial charge in [-0.05, 0) is 7.05 Å². The van der Waals surface area contributed by atoms with Crippen molar-refractivity contribution in [2.75, 3.05) is 7.05 Å². The first kappa shape index (κ1) is 11.5. The van der Waals surface area contributed by atoms with E-state index in [4.69, 9.17) is 4.52 Å². The molecule has 7 heteroatoms. The fraction of sp³-hybridized carbons (Fsp3) is 0.250. The largest absolute Gasteiger partial charge is 0.332 e. The lowest BCUT2D eigenvalue weighted by atomic mass is 10.4. The zero-order valence-electron chi connectivity index (χ0n) is 8.04. The van der Waals surface area contributed by atoms with Crippen LogP contribution in [0.25, 0.3) is 11.6 Å². The number of hydrogen-bond acceptors (Lipinski definition) is 6. The summed E-state index contributed by atoms with van der Waals surface area (Å²) in [6.45, 7) is 0.573. The molecule has 0 amide bonds. The molecule has 6 nitrogen and oxygen atoms in total. The van der Waals surface area contributed by atoms with E-state index in [0.29, 0.717) is 24.0 Å². The average molecular weight is 228 g/mol. The highest BCUT2D eigenvalue weighted by Gasteiger charge is 2.08. The summed E-state index contributed by atoms with van der Waals surface area (Å²) in [6, 6.07) is 0. The Balaban J connectivity index is 0.00000112. The molecule has 0 radical (unpaired) electrons. The maximum Gasteiger partial charge on any atom is 0.278 e. The molecule has 2 rings (SSSR count). The smallest absolute Gasteiger partial charge is 0.278 e. The summed E-state index contributed by atoms with van der Waals surface area (Å²) in [7, 11) is 1.82. The van der Waals surface area contributed by atoms with Crippen LogP contribution in [0, 0.1) is 0 Å². The van der Waals surface area contributed by atoms with E-state index >= 15 is 0 Å². The Bertz CT molecular complexity index is 404. The number of rotatable bonds is 3. The molecule has 0 fully saturated rings. The van der Waals surface area contributed by atoms with E-state index in [0.717, 1.165) is 0 Å². The van der Waals surface area contributed by atoms with Crippen molar-refractivity contribution >= 4 is 12.4 Å². The summed E-state index contributed by atoms with van der Waals surface area (Å²) in [6.07, 6.45) is 4.75. The fourth-order valence-electron chi connectivity index (χ4n) is 0.997. The Kier molecular flexibility index (Phi) is 4.14. The Labute approximate surface area is 92.5 Å². The normalized spacial score (nSPS) is 9.67. The first-order valence-electron chi connectivity index (χ1n) is 4.13. The zero-order chi connectivity index (χ0) is 9.80. The highest BCUT2D eigenvalue weighted by atomic mass is 35.5. The molecule has 0 aliphatic carbocycles. The van der Waals surface area contributed by atoms with E-state index in [1.165, 1.54) is 0 Å². The van der Waals surface area contributed by atoms with Crippen molar-refractivity contribution in [1.29, 1.82) is 0 Å². The van der Waals surface area contributed by atoms with E-state index < -0.39 is 0 Å². The summed E-state index contributed by atoms with van der Waals surface area (Å²) >= 11 is 0. The molecule has 0 aliphatic heterocycles. The molecule has 0 saturated heterocycles. The number of aromatic nitrogens is 4. The topological polar surface area (TPSA) is 76.7 Å². The standard InChI is InChI=1S/C8H9N5O.ClH/c1-9-5-7-12-8(14-13-7)6-4-10-2-3-11-6;/h2-4,9H,5H2,1H3;1H. The third-order valence-corrected chi connectivity index (χ3v) is 1.59. The molecular weight excluding hydrogens is 218 g/mol. The summed E-state index contributed by atoms with van der Waals surface area (Å²) < 4.78 is 5.00. The van der Waals surface area contributed by atoms with E-state index in [9.17, 15) is 0 Å². The van der Waals surface area contributed by atoms with Crippen LogP contribution in [-0.2, 0) is 6.54 Å². The second-order valence-corrected chi connectivity index (χ2v) is 2.64. The number of nitrogens with zero attached hydrogens (tertiary/aromatic N) is 4. The zero-order valence-corrected chi connectivity index (χ0v) is 8.86. The molecule has 0 saturated carbocycles. The van der Waals surface area contributed by atoms with Gasteiger partial charge in [0.2, 0.25) is 0 Å². The quantitative estimate of drug-likeness (QED) is 0.831. The minimum atomic E-state index is 0. The number of hydrogen-bond donors (Lipinski definition) is 1. The van der Waals surface area contributed by atoms with Crippen LogP contribution < -0.4 is 5.32 Å². The number of nitrogens with one attached hydrogen (secondary N) is 1. The van der Waals surface area contributed by atoms with Gasteiger partial charge in [-0.15, -0.1) is 12.4 Å². The van der Waals surface area contributed by atoms with Crippen LogP contribution in [0.1, 0.15) is 5.82 Å². The van der Waals surface area contributed by atoms with Gasteiger partial charge in [-0.25, -0.2) is 4.98 Å². The predicted octanol–water partition coefficient (Wildman–Crippen LogP) is 0.668. The molecular formula is C8H10ClN5O. The van der Waals surface area contributed by atoms with Crippen molar-refractivity contribution in [1.82, 2.24) is 25.4 Å². The molecule has 80 valence electrons. The Morgan fingerprint density at radius 3 is 2.93 bits per heavy atom. The minimum absolute atomic E-state index is 0. The van der Waals surface area contributed by atoms with Crippen molar-refractivity contribution in [3.05, 3.63) is 24.4 Å². The summed E-state index contributed by atoms with van der Waals surface area (Å²) in [5, 5.41) is 6.69. The van der Waals surface area contributed by atoms with Crippen LogP contribution in [0.5, 0.6) is 0 Å². The molecule has 0 spiro atoms. The van der Waals surface area contributed by atoms with Crippen LogP contribution in [0.15, 0.2) is 23.1 Å². The molecule has 1 N–H and O–H groups in total. The Morgan fingerprint density at radius 2 is 2.27 bits per heavy atom. The van der Waals surface area contributed by atoms with Gasteiger partial charge in [0.25, 0.3) is 5.89 Å². The second kappa shape index (κ2) is 5.38. The highest BCUT2D eigenvalue weighted by Crippen LogP contribution is 2.11. The van der Waals surface area contributed by atoms with Crippen molar-refractivity contribution in [2.45, 2.75) is 6.54 Å². The summed E-state index contributed by atoms with van der Waals surface area (Å²) in [5.41, 5.74) is 0.586. The van der Waals surface area contributed by atoms with Gasteiger partial charge in [-0.1, -0.05) is 5.16 Å². The lowest BCUT2D eigenvalue weighted by Crippen LogP contribution is -2.06. The first-order valence-corrected chi connectivity index (χ1v) is 4.13. The molecule has 2 heterocycles. The molecule has 0 aromatic carbocycles. The third kappa shape index (κ3) is 2.71. The SMILES string of the molecule is CNCc1noc(-c2cnccn2)n1.Cl. The van der Waals surface area contributed by atoms with Gasteiger partial charge in [-0.2, -0.15) is 4.98 Å². The Morgan fingerprint density at radius 1 is 1.40 bits per heavy atom. The average Bonchev–Trinajstić information content (AvgIpc) is 2.68. The van der Waals surface area contributed by atoms with Gasteiger partial charge in [-0.3, -0.25) is 4.98 Å². The van der Waals surface area contributed by atoms with Gasteiger partial charge in [0, 0.05) is 12.4 Å². The van der Waals surface area contributed by atoms with Crippen LogP contribution in [0.2, 0.25) is 0 Å². The van der Waals surface area contributed by atoms with Gasteiger partial charge in [0.05, 0.1) is 12.7 Å². The molecule has 15 heavy (non-hydrogen) atoms. The van der Waals surface area contributed by atoms with Crippen LogP contribution in [0.3, 0.4) is 0 Å². The lowest BCUT2D eigenvalue weighted by molar-refractivity contribution is 0.419. The van der Waals surface area contributed by atoms with Gasteiger partial charge >= 0.3 is 0 Å². The van der Waals surface area contributed by atoms with Crippen LogP contribution >= 0.6 is 12.4 Å². The molecule has 0 atom stereocenters. The molecule has 0 bridgehead atoms. The fourth-order valence-corrected chi connectivity index (χ4v) is 0.997. The summed E-state index contributed by atoms with van der Waals surface area (Å²) in [4.78, 5) is 12.1. The van der Waals surface area contributed by atoms with E-state index in [-0.39, 0.29) is 12.4 Å². The maximum atomic E-state index is 5.00.